The number of aliphatic hydroxyl groups excluding tert-OH is 2. The topological polar surface area (TPSA) is 178 Å². The summed E-state index contributed by atoms with van der Waals surface area (Å²) < 4.78 is 0.695. The van der Waals surface area contributed by atoms with E-state index < -0.39 is 41.4 Å². The Hall–Kier alpha value is -2.31. The first-order valence-electron chi connectivity index (χ1n) is 22.3. The number of aliphatic hydroxyl groups is 4. The van der Waals surface area contributed by atoms with Gasteiger partial charge in [0.25, 0.3) is 0 Å². The molecule has 3 atom stereocenters. The second kappa shape index (κ2) is 32.5. The fourth-order valence-electron chi connectivity index (χ4n) is 7.27. The van der Waals surface area contributed by atoms with Crippen LogP contribution in [-0.4, -0.2) is 120 Å². The molecule has 4 N–H and O–H groups in total. The predicted octanol–water partition coefficient (Wildman–Crippen LogP) is 6.46. The van der Waals surface area contributed by atoms with Crippen molar-refractivity contribution in [1.82, 2.24) is 0 Å². The van der Waals surface area contributed by atoms with Gasteiger partial charge in [-0.3, -0.25) is 4.79 Å². The zero-order chi connectivity index (χ0) is 43.8. The Morgan fingerprint density at radius 2 is 1.02 bits per heavy atom. The smallest absolute Gasteiger partial charge is 0.175 e. The van der Waals surface area contributed by atoms with Crippen LogP contribution in [0.15, 0.2) is 24.0 Å². The third-order valence-electron chi connectivity index (χ3n) is 9.96. The summed E-state index contributed by atoms with van der Waals surface area (Å²) in [5.74, 6) is -3.61. The lowest BCUT2D eigenvalue weighted by Gasteiger charge is -2.36. The maximum Gasteiger partial charge on any atom is 0.175 e. The number of carboxylic acids is 2. The molecule has 0 bridgehead atoms. The number of nitrogens with zero attached hydrogens (tertiary/aromatic N) is 2. The molecule has 0 amide bonds. The van der Waals surface area contributed by atoms with Crippen molar-refractivity contribution in [2.75, 3.05) is 55.4 Å². The van der Waals surface area contributed by atoms with E-state index in [0.29, 0.717) is 23.9 Å². The lowest BCUT2D eigenvalue weighted by molar-refractivity contribution is -0.877. The van der Waals surface area contributed by atoms with Crippen LogP contribution >= 0.6 is 0 Å². The average molecular weight is 813 g/mol. The van der Waals surface area contributed by atoms with Crippen LogP contribution in [0.25, 0.3) is 0 Å². The van der Waals surface area contributed by atoms with Crippen molar-refractivity contribution in [3.05, 3.63) is 24.0 Å². The normalized spacial score (nSPS) is 15.1. The maximum atomic E-state index is 12.1. The molecule has 336 valence electrons. The number of likely N-dealkylation sites (N-methyl/N-ethyl adjacent to an activating group) is 2. The number of carbonyl (C=O) groups is 3. The van der Waals surface area contributed by atoms with Crippen molar-refractivity contribution in [1.29, 1.82) is 0 Å². The van der Waals surface area contributed by atoms with E-state index in [-0.39, 0.29) is 36.1 Å². The number of hydrogen-bond acceptors (Lipinski definition) is 9. The van der Waals surface area contributed by atoms with Gasteiger partial charge in [-0.25, -0.2) is 0 Å². The Bertz CT molecular complexity index is 1110. The molecule has 0 spiro atoms. The van der Waals surface area contributed by atoms with Crippen molar-refractivity contribution in [3.8, 4) is 0 Å². The van der Waals surface area contributed by atoms with E-state index in [9.17, 15) is 45.0 Å². The Balaban J connectivity index is 0. The van der Waals surface area contributed by atoms with Gasteiger partial charge in [0, 0.05) is 37.3 Å². The van der Waals surface area contributed by atoms with Crippen molar-refractivity contribution in [2.24, 2.45) is 0 Å². The number of quaternary nitrogens is 2. The van der Waals surface area contributed by atoms with Gasteiger partial charge < -0.3 is 49.2 Å². The number of unbranched alkanes of at least 4 members (excludes halogenated alkanes) is 17. The molecule has 0 fully saturated rings. The van der Waals surface area contributed by atoms with Crippen molar-refractivity contribution in [3.63, 3.8) is 0 Å². The van der Waals surface area contributed by atoms with Gasteiger partial charge in [-0.15, -0.1) is 0 Å². The van der Waals surface area contributed by atoms with Gasteiger partial charge in [0.05, 0.1) is 48.4 Å². The third-order valence-corrected chi connectivity index (χ3v) is 9.96. The molecule has 11 nitrogen and oxygen atoms in total. The first-order valence-corrected chi connectivity index (χ1v) is 22.3. The van der Waals surface area contributed by atoms with Gasteiger partial charge in [-0.05, 0) is 51.4 Å². The highest BCUT2D eigenvalue weighted by molar-refractivity contribution is 5.90. The summed E-state index contributed by atoms with van der Waals surface area (Å²) in [5, 5.41) is 63.6. The summed E-state index contributed by atoms with van der Waals surface area (Å²) in [6.45, 7) is 4.72. The Morgan fingerprint density at radius 1 is 0.596 bits per heavy atom. The number of carbonyl (C=O) groups excluding carboxylic acids is 3. The van der Waals surface area contributed by atoms with Crippen LogP contribution in [0.1, 0.15) is 181 Å². The van der Waals surface area contributed by atoms with Gasteiger partial charge in [0.1, 0.15) is 24.4 Å². The van der Waals surface area contributed by atoms with E-state index in [1.807, 2.05) is 21.1 Å². The number of aliphatic carboxylic acids is 2. The van der Waals surface area contributed by atoms with E-state index in [4.69, 9.17) is 0 Å². The van der Waals surface area contributed by atoms with Crippen LogP contribution in [0.4, 0.5) is 0 Å². The molecule has 0 aliphatic rings. The lowest BCUT2D eigenvalue weighted by Crippen LogP contribution is -2.52. The molecular weight excluding hydrogens is 725 g/mol. The van der Waals surface area contributed by atoms with Gasteiger partial charge in [-0.1, -0.05) is 122 Å². The first kappa shape index (κ1) is 56.8. The van der Waals surface area contributed by atoms with Crippen LogP contribution in [0, 0.1) is 0 Å². The fourth-order valence-corrected chi connectivity index (χ4v) is 7.27. The molecule has 0 heterocycles. The zero-order valence-corrected chi connectivity index (χ0v) is 37.8. The van der Waals surface area contributed by atoms with E-state index in [1.165, 1.54) is 83.5 Å². The van der Waals surface area contributed by atoms with Crippen LogP contribution in [0.2, 0.25) is 0 Å². The monoisotopic (exact) mass is 813 g/mol. The SMILES string of the molecule is CCCCCC/C=C\CCCCCC(O)CCC(O)(CC(=O)[O-])C[N+](C)(C)C.CCCCCCCCCCCCCC(=O)C=C(O)C(O)(CC(=O)[O-])C[N+](C)(C)C. The Morgan fingerprint density at radius 3 is 1.46 bits per heavy atom. The molecule has 0 aliphatic heterocycles. The number of ketones is 1. The summed E-state index contributed by atoms with van der Waals surface area (Å²) in [7, 11) is 11.0. The molecule has 0 aliphatic carbocycles. The van der Waals surface area contributed by atoms with Crippen molar-refractivity contribution >= 4 is 17.7 Å². The lowest BCUT2D eigenvalue weighted by atomic mass is 9.90. The first-order chi connectivity index (χ1) is 26.6. The van der Waals surface area contributed by atoms with Crippen LogP contribution < -0.4 is 10.2 Å². The molecule has 11 heteroatoms. The third kappa shape index (κ3) is 37.7. The highest BCUT2D eigenvalue weighted by atomic mass is 16.4. The highest BCUT2D eigenvalue weighted by Gasteiger charge is 2.38. The summed E-state index contributed by atoms with van der Waals surface area (Å²) in [5.41, 5.74) is -3.34. The Kier molecular flexibility index (Phi) is 32.4. The van der Waals surface area contributed by atoms with Gasteiger partial charge in [-0.2, -0.15) is 0 Å². The Labute approximate surface area is 348 Å². The minimum atomic E-state index is -2.01. The maximum absolute atomic E-state index is 12.1. The molecule has 0 saturated heterocycles. The largest absolute Gasteiger partial charge is 0.550 e. The van der Waals surface area contributed by atoms with Crippen molar-refractivity contribution in [2.45, 2.75) is 198 Å². The number of hydrogen-bond donors (Lipinski definition) is 4. The fraction of sp³-hybridized carbons (Fsp3) is 0.848. The molecule has 0 aromatic heterocycles. The molecule has 0 aromatic carbocycles. The molecule has 0 rings (SSSR count). The van der Waals surface area contributed by atoms with E-state index >= 15 is 0 Å². The molecular formula is C46H88N2O9. The molecule has 0 radical (unpaired) electrons. The minimum absolute atomic E-state index is 0.0466. The quantitative estimate of drug-likeness (QED) is 0.0182. The van der Waals surface area contributed by atoms with E-state index in [2.05, 4.69) is 26.0 Å². The number of allylic oxidation sites excluding steroid dienone is 3. The molecule has 3 unspecified atom stereocenters. The summed E-state index contributed by atoms with van der Waals surface area (Å²) in [6, 6.07) is 0. The molecule has 57 heavy (non-hydrogen) atoms. The zero-order valence-electron chi connectivity index (χ0n) is 37.8. The second-order valence-corrected chi connectivity index (χ2v) is 18.7. The average Bonchev–Trinajstić information content (AvgIpc) is 3.06. The van der Waals surface area contributed by atoms with Gasteiger partial charge in [0.15, 0.2) is 11.4 Å². The summed E-state index contributed by atoms with van der Waals surface area (Å²) in [4.78, 5) is 34.1. The standard InChI is InChI=1S/C23H43NO5.C23H45NO4/c1-5-6-7-8-9-10-11-12-13-14-15-16-20(25)17-21(26)23(29,18-22(27)28)19-24(2,3)4;1-5-6-7-8-9-10-11-12-13-14-15-16-21(25)17-18-23(28,19-22(26)27)20-24(2,3)4/h17,29H,5-16,18-19H2,1-4H3,(H-,25,26,27,28);10-11,21,25,28H,5-9,12-20H2,1-4H3/b;11-10-. The summed E-state index contributed by atoms with van der Waals surface area (Å²) in [6.07, 6.45) is 29.3. The predicted molar refractivity (Wildman–Crippen MR) is 228 cm³/mol. The number of rotatable bonds is 36. The number of carboxylic acid groups (broad SMARTS) is 2. The molecule has 0 saturated carbocycles. The highest BCUT2D eigenvalue weighted by Crippen LogP contribution is 2.24. The second-order valence-electron chi connectivity index (χ2n) is 18.7. The van der Waals surface area contributed by atoms with Crippen LogP contribution in [0.5, 0.6) is 0 Å². The summed E-state index contributed by atoms with van der Waals surface area (Å²) >= 11 is 0. The van der Waals surface area contributed by atoms with Gasteiger partial charge >= 0.3 is 0 Å². The molecule has 0 aromatic rings. The van der Waals surface area contributed by atoms with E-state index in [1.54, 1.807) is 21.1 Å². The van der Waals surface area contributed by atoms with Crippen LogP contribution in [-0.2, 0) is 14.4 Å². The van der Waals surface area contributed by atoms with E-state index in [0.717, 1.165) is 51.0 Å². The van der Waals surface area contributed by atoms with Crippen LogP contribution in [0.3, 0.4) is 0 Å². The van der Waals surface area contributed by atoms with Crippen molar-refractivity contribution < 1.29 is 54.0 Å². The van der Waals surface area contributed by atoms with Gasteiger partial charge in [0.2, 0.25) is 0 Å². The minimum Gasteiger partial charge on any atom is -0.550 e.